The first-order valence-electron chi connectivity index (χ1n) is 6.74. The van der Waals surface area contributed by atoms with Gasteiger partial charge in [0, 0.05) is 25.2 Å². The lowest BCUT2D eigenvalue weighted by atomic mass is 9.74. The van der Waals surface area contributed by atoms with Crippen LogP contribution in [0.5, 0.6) is 0 Å². The van der Waals surface area contributed by atoms with Gasteiger partial charge in [-0.15, -0.1) is 0 Å². The Bertz CT molecular complexity index is 229. The fourth-order valence-corrected chi connectivity index (χ4v) is 4.22. The topological polar surface area (TPSA) is 29.3 Å². The molecule has 0 unspecified atom stereocenters. The van der Waals surface area contributed by atoms with Gasteiger partial charge in [-0.1, -0.05) is 25.7 Å². The zero-order valence-electron chi connectivity index (χ0n) is 9.80. The summed E-state index contributed by atoms with van der Waals surface area (Å²) < 4.78 is 0. The van der Waals surface area contributed by atoms with Gasteiger partial charge < -0.3 is 5.73 Å². The minimum Gasteiger partial charge on any atom is -0.329 e. The van der Waals surface area contributed by atoms with Gasteiger partial charge in [0.05, 0.1) is 0 Å². The van der Waals surface area contributed by atoms with Crippen molar-refractivity contribution in [1.29, 1.82) is 0 Å². The van der Waals surface area contributed by atoms with Crippen molar-refractivity contribution in [2.75, 3.05) is 19.6 Å². The number of nitrogens with two attached hydrogens (primary N) is 1. The average Bonchev–Trinajstić information content (AvgIpc) is 2.85. The van der Waals surface area contributed by atoms with Gasteiger partial charge in [-0.2, -0.15) is 0 Å². The molecule has 15 heavy (non-hydrogen) atoms. The predicted octanol–water partition coefficient (Wildman–Crippen LogP) is 2.13. The van der Waals surface area contributed by atoms with Crippen molar-refractivity contribution in [2.45, 2.75) is 56.9 Å². The highest BCUT2D eigenvalue weighted by atomic mass is 15.3. The van der Waals surface area contributed by atoms with Gasteiger partial charge in [-0.25, -0.2) is 0 Å². The van der Waals surface area contributed by atoms with E-state index in [9.17, 15) is 0 Å². The molecule has 2 heteroatoms. The second-order valence-electron chi connectivity index (χ2n) is 6.20. The molecule has 3 rings (SSSR count). The molecule has 86 valence electrons. The number of rotatable bonds is 2. The first kappa shape index (κ1) is 10.1. The van der Waals surface area contributed by atoms with E-state index in [-0.39, 0.29) is 0 Å². The third kappa shape index (κ3) is 1.45. The second-order valence-corrected chi connectivity index (χ2v) is 6.20. The summed E-state index contributed by atoms with van der Waals surface area (Å²) in [5.74, 6) is 0. The zero-order valence-corrected chi connectivity index (χ0v) is 9.80. The highest BCUT2D eigenvalue weighted by Crippen LogP contribution is 2.50. The van der Waals surface area contributed by atoms with Crippen molar-refractivity contribution < 1.29 is 0 Å². The first-order valence-corrected chi connectivity index (χ1v) is 6.74. The molecule has 2 saturated carbocycles. The maximum atomic E-state index is 6.02. The number of hydrogen-bond acceptors (Lipinski definition) is 2. The molecular formula is C13H24N2. The van der Waals surface area contributed by atoms with Gasteiger partial charge in [0.2, 0.25) is 0 Å². The van der Waals surface area contributed by atoms with E-state index in [1.807, 2.05) is 0 Å². The Hall–Kier alpha value is -0.0800. The molecule has 2 nitrogen and oxygen atoms in total. The lowest BCUT2D eigenvalue weighted by Crippen LogP contribution is -2.66. The van der Waals surface area contributed by atoms with Crippen LogP contribution in [0.3, 0.4) is 0 Å². The summed E-state index contributed by atoms with van der Waals surface area (Å²) >= 11 is 0. The molecule has 0 aromatic heterocycles. The molecule has 2 aliphatic carbocycles. The predicted molar refractivity (Wildman–Crippen MR) is 62.7 cm³/mol. The number of nitrogens with zero attached hydrogens (tertiary/aromatic N) is 1. The Morgan fingerprint density at radius 3 is 1.93 bits per heavy atom. The Kier molecular flexibility index (Phi) is 2.33. The van der Waals surface area contributed by atoms with Crippen molar-refractivity contribution in [3.63, 3.8) is 0 Å². The van der Waals surface area contributed by atoms with Crippen LogP contribution in [0.2, 0.25) is 0 Å². The largest absolute Gasteiger partial charge is 0.329 e. The molecule has 0 atom stereocenters. The van der Waals surface area contributed by atoms with Crippen LogP contribution in [-0.4, -0.2) is 30.1 Å². The summed E-state index contributed by atoms with van der Waals surface area (Å²) in [6, 6.07) is 0. The molecule has 0 aromatic rings. The highest BCUT2D eigenvalue weighted by molar-refractivity contribution is 5.07. The number of hydrogen-bond donors (Lipinski definition) is 1. The van der Waals surface area contributed by atoms with Crippen molar-refractivity contribution in [3.8, 4) is 0 Å². The molecule has 1 heterocycles. The molecule has 0 bridgehead atoms. The lowest BCUT2D eigenvalue weighted by Gasteiger charge is -2.56. The molecule has 0 radical (unpaired) electrons. The fraction of sp³-hybridized carbons (Fsp3) is 1.00. The molecule has 1 saturated heterocycles. The smallest absolute Gasteiger partial charge is 0.0332 e. The summed E-state index contributed by atoms with van der Waals surface area (Å²) in [4.78, 5) is 2.73. The maximum Gasteiger partial charge on any atom is 0.0332 e. The van der Waals surface area contributed by atoms with E-state index in [1.165, 1.54) is 64.5 Å². The van der Waals surface area contributed by atoms with Gasteiger partial charge in [0.15, 0.2) is 0 Å². The van der Waals surface area contributed by atoms with E-state index in [0.29, 0.717) is 5.54 Å². The van der Waals surface area contributed by atoms with Crippen LogP contribution >= 0.6 is 0 Å². The van der Waals surface area contributed by atoms with Crippen LogP contribution in [0.4, 0.5) is 0 Å². The lowest BCUT2D eigenvalue weighted by molar-refractivity contribution is -0.0702. The van der Waals surface area contributed by atoms with E-state index in [1.54, 1.807) is 0 Å². The fourth-order valence-electron chi connectivity index (χ4n) is 4.22. The summed E-state index contributed by atoms with van der Waals surface area (Å²) in [5.41, 5.74) is 7.19. The van der Waals surface area contributed by atoms with E-state index < -0.39 is 0 Å². The summed E-state index contributed by atoms with van der Waals surface area (Å²) in [6.07, 6.45) is 11.5. The van der Waals surface area contributed by atoms with Crippen molar-refractivity contribution in [2.24, 2.45) is 11.1 Å². The molecule has 0 amide bonds. The Balaban J connectivity index is 1.65. The van der Waals surface area contributed by atoms with Crippen LogP contribution in [0.25, 0.3) is 0 Å². The van der Waals surface area contributed by atoms with E-state index >= 15 is 0 Å². The molecular weight excluding hydrogens is 184 g/mol. The molecule has 1 spiro atoms. The maximum absolute atomic E-state index is 6.02. The minimum atomic E-state index is 0.424. The van der Waals surface area contributed by atoms with Gasteiger partial charge >= 0.3 is 0 Å². The normalized spacial score (nSPS) is 33.4. The molecule has 0 aromatic carbocycles. The van der Waals surface area contributed by atoms with Gasteiger partial charge in [0.25, 0.3) is 0 Å². The SMILES string of the molecule is NCC1(N2CC3(CCCC3)C2)CCCC1. The van der Waals surface area contributed by atoms with Gasteiger partial charge in [-0.05, 0) is 31.1 Å². The standard InChI is InChI=1S/C13H24N2/c14-9-13(7-3-4-8-13)15-10-12(11-15)5-1-2-6-12/h1-11,14H2. The first-order chi connectivity index (χ1) is 7.29. The van der Waals surface area contributed by atoms with Crippen molar-refractivity contribution in [3.05, 3.63) is 0 Å². The Labute approximate surface area is 93.2 Å². The van der Waals surface area contributed by atoms with Crippen molar-refractivity contribution in [1.82, 2.24) is 4.90 Å². The summed E-state index contributed by atoms with van der Waals surface area (Å²) in [7, 11) is 0. The minimum absolute atomic E-state index is 0.424. The van der Waals surface area contributed by atoms with Gasteiger partial charge in [-0.3, -0.25) is 4.90 Å². The third-order valence-corrected chi connectivity index (χ3v) is 5.30. The molecule has 1 aliphatic heterocycles. The van der Waals surface area contributed by atoms with E-state index in [2.05, 4.69) is 4.90 Å². The van der Waals surface area contributed by atoms with E-state index in [0.717, 1.165) is 12.0 Å². The highest BCUT2D eigenvalue weighted by Gasteiger charge is 2.52. The number of likely N-dealkylation sites (tertiary alicyclic amines) is 1. The van der Waals surface area contributed by atoms with E-state index in [4.69, 9.17) is 5.73 Å². The zero-order chi connectivity index (χ0) is 10.4. The van der Waals surface area contributed by atoms with Crippen LogP contribution < -0.4 is 5.73 Å². The van der Waals surface area contributed by atoms with Crippen LogP contribution in [0.1, 0.15) is 51.4 Å². The van der Waals surface area contributed by atoms with Crippen LogP contribution in [0.15, 0.2) is 0 Å². The van der Waals surface area contributed by atoms with Crippen molar-refractivity contribution >= 4 is 0 Å². The van der Waals surface area contributed by atoms with Crippen LogP contribution in [-0.2, 0) is 0 Å². The van der Waals surface area contributed by atoms with Crippen LogP contribution in [0, 0.1) is 5.41 Å². The molecule has 2 N–H and O–H groups in total. The monoisotopic (exact) mass is 208 g/mol. The average molecular weight is 208 g/mol. The quantitative estimate of drug-likeness (QED) is 0.753. The molecule has 3 aliphatic rings. The summed E-state index contributed by atoms with van der Waals surface area (Å²) in [5, 5.41) is 0. The summed E-state index contributed by atoms with van der Waals surface area (Å²) in [6.45, 7) is 3.62. The Morgan fingerprint density at radius 1 is 0.867 bits per heavy atom. The Morgan fingerprint density at radius 2 is 1.40 bits per heavy atom. The second kappa shape index (κ2) is 3.46. The van der Waals surface area contributed by atoms with Gasteiger partial charge in [0.1, 0.15) is 0 Å². The third-order valence-electron chi connectivity index (χ3n) is 5.30. The molecule has 3 fully saturated rings.